The molecule has 0 aromatic heterocycles. The molecule has 1 aliphatic heterocycles. The molecule has 1 aromatic rings. The van der Waals surface area contributed by atoms with Gasteiger partial charge in [0.25, 0.3) is 0 Å². The van der Waals surface area contributed by atoms with Crippen molar-refractivity contribution in [2.24, 2.45) is 11.7 Å². The fourth-order valence-corrected chi connectivity index (χ4v) is 2.67. The first-order valence-corrected chi connectivity index (χ1v) is 6.87. The lowest BCUT2D eigenvalue weighted by molar-refractivity contribution is 0.405. The topological polar surface area (TPSA) is 29.3 Å². The summed E-state index contributed by atoms with van der Waals surface area (Å²) >= 11 is 0. The molecule has 2 nitrogen and oxygen atoms in total. The van der Waals surface area contributed by atoms with Gasteiger partial charge in [0.05, 0.1) is 0 Å². The first-order chi connectivity index (χ1) is 8.33. The monoisotopic (exact) mass is 232 g/mol. The highest BCUT2D eigenvalue weighted by molar-refractivity contribution is 5.48. The molecule has 2 rings (SSSR count). The zero-order valence-corrected chi connectivity index (χ0v) is 10.9. The molecule has 1 aliphatic rings. The van der Waals surface area contributed by atoms with E-state index in [1.807, 2.05) is 0 Å². The van der Waals surface area contributed by atoms with Crippen molar-refractivity contribution in [3.63, 3.8) is 0 Å². The van der Waals surface area contributed by atoms with Crippen LogP contribution in [0.25, 0.3) is 0 Å². The zero-order valence-electron chi connectivity index (χ0n) is 10.9. The number of anilines is 1. The van der Waals surface area contributed by atoms with Crippen molar-refractivity contribution in [2.75, 3.05) is 24.5 Å². The summed E-state index contributed by atoms with van der Waals surface area (Å²) < 4.78 is 0. The van der Waals surface area contributed by atoms with Gasteiger partial charge < -0.3 is 10.6 Å². The Bertz CT molecular complexity index is 331. The molecule has 0 amide bonds. The van der Waals surface area contributed by atoms with Crippen LogP contribution in [0.15, 0.2) is 24.3 Å². The third kappa shape index (κ3) is 3.22. The molecule has 1 saturated heterocycles. The quantitative estimate of drug-likeness (QED) is 0.865. The Morgan fingerprint density at radius 2 is 2.06 bits per heavy atom. The summed E-state index contributed by atoms with van der Waals surface area (Å²) in [5.41, 5.74) is 8.29. The number of hydrogen-bond acceptors (Lipinski definition) is 2. The molecule has 0 saturated carbocycles. The second-order valence-corrected chi connectivity index (χ2v) is 5.07. The SMILES string of the molecule is CCC1CCCN(c2ccc(CCN)cc2)C1. The summed E-state index contributed by atoms with van der Waals surface area (Å²) in [4.78, 5) is 2.53. The highest BCUT2D eigenvalue weighted by Gasteiger charge is 2.18. The van der Waals surface area contributed by atoms with Gasteiger partial charge in [-0.2, -0.15) is 0 Å². The van der Waals surface area contributed by atoms with E-state index in [-0.39, 0.29) is 0 Å². The van der Waals surface area contributed by atoms with Gasteiger partial charge in [-0.3, -0.25) is 0 Å². The molecule has 1 aromatic carbocycles. The van der Waals surface area contributed by atoms with Crippen LogP contribution in [0.5, 0.6) is 0 Å². The Balaban J connectivity index is 2.01. The lowest BCUT2D eigenvalue weighted by atomic mass is 9.95. The van der Waals surface area contributed by atoms with E-state index in [9.17, 15) is 0 Å². The van der Waals surface area contributed by atoms with Gasteiger partial charge in [-0.1, -0.05) is 25.5 Å². The molecular weight excluding hydrogens is 208 g/mol. The summed E-state index contributed by atoms with van der Waals surface area (Å²) in [6.07, 6.45) is 5.03. The van der Waals surface area contributed by atoms with Gasteiger partial charge in [-0.25, -0.2) is 0 Å². The van der Waals surface area contributed by atoms with Crippen LogP contribution in [0.3, 0.4) is 0 Å². The third-order valence-electron chi connectivity index (χ3n) is 3.83. The Labute approximate surface area is 105 Å². The lowest BCUT2D eigenvalue weighted by Gasteiger charge is -2.34. The average Bonchev–Trinajstić information content (AvgIpc) is 2.40. The fraction of sp³-hybridized carbons (Fsp3) is 0.600. The number of hydrogen-bond donors (Lipinski definition) is 1. The second kappa shape index (κ2) is 6.06. The summed E-state index contributed by atoms with van der Waals surface area (Å²) in [6, 6.07) is 8.95. The van der Waals surface area contributed by atoms with Crippen molar-refractivity contribution in [1.29, 1.82) is 0 Å². The molecule has 0 spiro atoms. The van der Waals surface area contributed by atoms with E-state index in [1.54, 1.807) is 0 Å². The number of benzene rings is 1. The van der Waals surface area contributed by atoms with Gasteiger partial charge in [0.15, 0.2) is 0 Å². The summed E-state index contributed by atoms with van der Waals surface area (Å²) in [5.74, 6) is 0.882. The predicted molar refractivity (Wildman–Crippen MR) is 74.4 cm³/mol. The highest BCUT2D eigenvalue weighted by Crippen LogP contribution is 2.25. The Morgan fingerprint density at radius 3 is 2.71 bits per heavy atom. The maximum Gasteiger partial charge on any atom is 0.0366 e. The first-order valence-electron chi connectivity index (χ1n) is 6.87. The van der Waals surface area contributed by atoms with Crippen molar-refractivity contribution < 1.29 is 0 Å². The van der Waals surface area contributed by atoms with E-state index in [0.29, 0.717) is 0 Å². The second-order valence-electron chi connectivity index (χ2n) is 5.07. The van der Waals surface area contributed by atoms with Crippen LogP contribution < -0.4 is 10.6 Å². The minimum absolute atomic E-state index is 0.737. The van der Waals surface area contributed by atoms with Crippen LogP contribution in [0.2, 0.25) is 0 Å². The highest BCUT2D eigenvalue weighted by atomic mass is 15.1. The Hall–Kier alpha value is -1.02. The zero-order chi connectivity index (χ0) is 12.1. The van der Waals surface area contributed by atoms with Crippen LogP contribution in [0.4, 0.5) is 5.69 Å². The van der Waals surface area contributed by atoms with E-state index < -0.39 is 0 Å². The van der Waals surface area contributed by atoms with E-state index in [0.717, 1.165) is 18.9 Å². The predicted octanol–water partition coefficient (Wildman–Crippen LogP) is 2.81. The minimum atomic E-state index is 0.737. The van der Waals surface area contributed by atoms with Gasteiger partial charge in [-0.15, -0.1) is 0 Å². The minimum Gasteiger partial charge on any atom is -0.371 e. The maximum atomic E-state index is 5.57. The number of rotatable bonds is 4. The van der Waals surface area contributed by atoms with Gasteiger partial charge in [-0.05, 0) is 49.4 Å². The van der Waals surface area contributed by atoms with Crippen molar-refractivity contribution >= 4 is 5.69 Å². The fourth-order valence-electron chi connectivity index (χ4n) is 2.67. The van der Waals surface area contributed by atoms with Crippen LogP contribution in [-0.2, 0) is 6.42 Å². The molecule has 0 bridgehead atoms. The Morgan fingerprint density at radius 1 is 1.29 bits per heavy atom. The molecule has 1 atom stereocenters. The Kier molecular flexibility index (Phi) is 4.43. The van der Waals surface area contributed by atoms with Gasteiger partial charge in [0.1, 0.15) is 0 Å². The van der Waals surface area contributed by atoms with Gasteiger partial charge in [0.2, 0.25) is 0 Å². The van der Waals surface area contributed by atoms with Crippen molar-refractivity contribution in [1.82, 2.24) is 0 Å². The molecule has 0 aliphatic carbocycles. The standard InChI is InChI=1S/C15H24N2/c1-2-13-4-3-11-17(12-13)15-7-5-14(6-8-15)9-10-16/h5-8,13H,2-4,9-12,16H2,1H3. The largest absolute Gasteiger partial charge is 0.371 e. The van der Waals surface area contributed by atoms with Crippen LogP contribution in [0, 0.1) is 5.92 Å². The molecule has 2 N–H and O–H groups in total. The van der Waals surface area contributed by atoms with E-state index >= 15 is 0 Å². The molecule has 1 heterocycles. The molecule has 1 unspecified atom stereocenters. The molecule has 2 heteroatoms. The van der Waals surface area contributed by atoms with Crippen molar-refractivity contribution in [2.45, 2.75) is 32.6 Å². The van der Waals surface area contributed by atoms with Crippen LogP contribution >= 0.6 is 0 Å². The molecule has 17 heavy (non-hydrogen) atoms. The van der Waals surface area contributed by atoms with E-state index in [1.165, 1.54) is 43.6 Å². The summed E-state index contributed by atoms with van der Waals surface area (Å²) in [5, 5.41) is 0. The summed E-state index contributed by atoms with van der Waals surface area (Å²) in [7, 11) is 0. The third-order valence-corrected chi connectivity index (χ3v) is 3.83. The van der Waals surface area contributed by atoms with Gasteiger partial charge in [0, 0.05) is 18.8 Å². The van der Waals surface area contributed by atoms with Crippen LogP contribution in [-0.4, -0.2) is 19.6 Å². The normalized spacial score (nSPS) is 20.6. The molecular formula is C15H24N2. The average molecular weight is 232 g/mol. The molecule has 1 fully saturated rings. The molecule has 94 valence electrons. The summed E-state index contributed by atoms with van der Waals surface area (Å²) in [6.45, 7) is 5.49. The lowest BCUT2D eigenvalue weighted by Crippen LogP contribution is -2.35. The number of nitrogens with zero attached hydrogens (tertiary/aromatic N) is 1. The number of piperidine rings is 1. The van der Waals surface area contributed by atoms with Crippen molar-refractivity contribution in [3.8, 4) is 0 Å². The number of nitrogens with two attached hydrogens (primary N) is 1. The van der Waals surface area contributed by atoms with Gasteiger partial charge >= 0.3 is 0 Å². The van der Waals surface area contributed by atoms with Crippen molar-refractivity contribution in [3.05, 3.63) is 29.8 Å². The van der Waals surface area contributed by atoms with E-state index in [4.69, 9.17) is 5.73 Å². The van der Waals surface area contributed by atoms with Crippen LogP contribution in [0.1, 0.15) is 31.7 Å². The van der Waals surface area contributed by atoms with E-state index in [2.05, 4.69) is 36.1 Å². The molecule has 0 radical (unpaired) electrons. The maximum absolute atomic E-state index is 5.57. The first kappa shape index (κ1) is 12.4. The smallest absolute Gasteiger partial charge is 0.0366 e.